The van der Waals surface area contributed by atoms with Crippen LogP contribution in [-0.4, -0.2) is 48.7 Å². The fourth-order valence-corrected chi connectivity index (χ4v) is 4.76. The summed E-state index contributed by atoms with van der Waals surface area (Å²) in [5, 5.41) is 8.42. The van der Waals surface area contributed by atoms with Crippen molar-refractivity contribution in [2.75, 3.05) is 26.1 Å². The fraction of sp³-hybridized carbons (Fsp3) is 0.348. The van der Waals surface area contributed by atoms with E-state index in [9.17, 15) is 4.79 Å². The van der Waals surface area contributed by atoms with Crippen molar-refractivity contribution in [2.24, 2.45) is 5.73 Å². The van der Waals surface area contributed by atoms with Crippen LogP contribution in [0.3, 0.4) is 0 Å². The van der Waals surface area contributed by atoms with Gasteiger partial charge in [-0.1, -0.05) is 29.3 Å². The van der Waals surface area contributed by atoms with E-state index < -0.39 is 0 Å². The molecule has 3 aromatic rings. The quantitative estimate of drug-likeness (QED) is 0.437. The van der Waals surface area contributed by atoms with Crippen molar-refractivity contribution in [3.05, 3.63) is 40.5 Å². The molecule has 1 aliphatic heterocycles. The predicted molar refractivity (Wildman–Crippen MR) is 130 cm³/mol. The lowest BCUT2D eigenvalue weighted by Gasteiger charge is -2.15. The Hall–Kier alpha value is -2.81. The van der Waals surface area contributed by atoms with Gasteiger partial charge in [0.15, 0.2) is 0 Å². The number of carbonyl (C=O) groups is 1. The smallest absolute Gasteiger partial charge is 0.223 e. The third-order valence-electron chi connectivity index (χ3n) is 5.74. The van der Waals surface area contributed by atoms with Crippen molar-refractivity contribution in [1.29, 1.82) is 0 Å². The molecule has 1 aliphatic rings. The number of hydrogen-bond donors (Lipinski definition) is 3. The van der Waals surface area contributed by atoms with E-state index in [1.807, 2.05) is 18.2 Å². The Balaban J connectivity index is 1.55. The lowest BCUT2D eigenvalue weighted by Crippen LogP contribution is -2.24. The standard InChI is InChI=1S/C23H25Cl2N5O3/c1-32-17-9-18(33-2)22(25)20(21(17)24)12-3-5-16-13(7-12)10-28-23(30-16)29-15-8-14(27-11-15)4-6-19(26)31/h3,5,7,9-10,14-15,27H,4,6,8,11H2,1-2H3,(H2,26,31)(H,28,29,30)/t14-,15-/m0/s1. The molecule has 1 fully saturated rings. The van der Waals surface area contributed by atoms with Gasteiger partial charge in [-0.05, 0) is 30.5 Å². The van der Waals surface area contributed by atoms with Gasteiger partial charge in [0.25, 0.3) is 0 Å². The molecule has 0 aliphatic carbocycles. The molecule has 1 amide bonds. The minimum atomic E-state index is -0.277. The zero-order valence-electron chi connectivity index (χ0n) is 18.3. The van der Waals surface area contributed by atoms with Gasteiger partial charge in [0.2, 0.25) is 11.9 Å². The molecule has 0 spiro atoms. The van der Waals surface area contributed by atoms with Crippen LogP contribution in [0.5, 0.6) is 11.5 Å². The van der Waals surface area contributed by atoms with Crippen LogP contribution in [0.2, 0.25) is 10.0 Å². The van der Waals surface area contributed by atoms with Crippen LogP contribution in [0.4, 0.5) is 5.95 Å². The molecule has 0 saturated carbocycles. The second-order valence-electron chi connectivity index (χ2n) is 7.94. The highest BCUT2D eigenvalue weighted by molar-refractivity contribution is 6.41. The van der Waals surface area contributed by atoms with Gasteiger partial charge in [0.05, 0.1) is 29.8 Å². The number of ether oxygens (including phenoxy) is 2. The maximum absolute atomic E-state index is 11.0. The molecule has 4 rings (SSSR count). The number of hydrogen-bond acceptors (Lipinski definition) is 7. The molecule has 1 saturated heterocycles. The second kappa shape index (κ2) is 9.99. The summed E-state index contributed by atoms with van der Waals surface area (Å²) in [6.07, 6.45) is 3.75. The Labute approximate surface area is 201 Å². The molecule has 8 nitrogen and oxygen atoms in total. The van der Waals surface area contributed by atoms with Crippen LogP contribution in [0.15, 0.2) is 30.5 Å². The van der Waals surface area contributed by atoms with Gasteiger partial charge < -0.3 is 25.8 Å². The van der Waals surface area contributed by atoms with E-state index >= 15 is 0 Å². The number of nitrogens with one attached hydrogen (secondary N) is 2. The van der Waals surface area contributed by atoms with Gasteiger partial charge in [-0.15, -0.1) is 0 Å². The van der Waals surface area contributed by atoms with Crippen LogP contribution < -0.4 is 25.8 Å². The Bertz CT molecular complexity index is 1160. The van der Waals surface area contributed by atoms with Crippen molar-refractivity contribution >= 4 is 46.0 Å². The average molecular weight is 490 g/mol. The van der Waals surface area contributed by atoms with Crippen LogP contribution in [0.1, 0.15) is 19.3 Å². The fourth-order valence-electron chi connectivity index (χ4n) is 4.05. The molecule has 0 radical (unpaired) electrons. The Morgan fingerprint density at radius 1 is 1.21 bits per heavy atom. The topological polar surface area (TPSA) is 111 Å². The van der Waals surface area contributed by atoms with Crippen LogP contribution >= 0.6 is 23.2 Å². The summed E-state index contributed by atoms with van der Waals surface area (Å²) in [5.41, 5.74) is 7.46. The summed E-state index contributed by atoms with van der Waals surface area (Å²) >= 11 is 13.1. The molecular formula is C23H25Cl2N5O3. The number of nitrogens with two attached hydrogens (primary N) is 1. The van der Waals surface area contributed by atoms with E-state index in [1.54, 1.807) is 26.5 Å². The zero-order chi connectivity index (χ0) is 23.5. The number of amides is 1. The van der Waals surface area contributed by atoms with Gasteiger partial charge in [0.1, 0.15) is 11.5 Å². The summed E-state index contributed by atoms with van der Waals surface area (Å²) in [6.45, 7) is 0.776. The molecule has 1 aromatic heterocycles. The highest BCUT2D eigenvalue weighted by Gasteiger charge is 2.25. The second-order valence-corrected chi connectivity index (χ2v) is 8.69. The molecular weight excluding hydrogens is 465 g/mol. The number of fused-ring (bicyclic) bond motifs is 1. The Morgan fingerprint density at radius 2 is 1.94 bits per heavy atom. The molecule has 4 N–H and O–H groups in total. The summed E-state index contributed by atoms with van der Waals surface area (Å²) in [7, 11) is 3.09. The van der Waals surface area contributed by atoms with E-state index in [2.05, 4.69) is 20.6 Å². The first-order valence-electron chi connectivity index (χ1n) is 10.5. The van der Waals surface area contributed by atoms with E-state index in [-0.39, 0.29) is 18.0 Å². The molecule has 2 atom stereocenters. The third kappa shape index (κ3) is 5.08. The molecule has 2 heterocycles. The number of benzene rings is 2. The lowest BCUT2D eigenvalue weighted by molar-refractivity contribution is -0.118. The van der Waals surface area contributed by atoms with E-state index in [1.165, 1.54) is 0 Å². The summed E-state index contributed by atoms with van der Waals surface area (Å²) in [4.78, 5) is 20.1. The maximum atomic E-state index is 11.0. The lowest BCUT2D eigenvalue weighted by atomic mass is 10.0. The zero-order valence-corrected chi connectivity index (χ0v) is 19.8. The number of nitrogens with zero attached hydrogens (tertiary/aromatic N) is 2. The molecule has 174 valence electrons. The van der Waals surface area contributed by atoms with Gasteiger partial charge >= 0.3 is 0 Å². The summed E-state index contributed by atoms with van der Waals surface area (Å²) < 4.78 is 10.7. The number of carbonyl (C=O) groups excluding carboxylic acids is 1. The first-order chi connectivity index (χ1) is 15.9. The van der Waals surface area contributed by atoms with Gasteiger partial charge in [-0.3, -0.25) is 4.79 Å². The number of aromatic nitrogens is 2. The SMILES string of the molecule is COc1cc(OC)c(Cl)c(-c2ccc3nc(N[C@@H]4CN[C@@H](CCC(N)=O)C4)ncc3c2)c1Cl. The highest BCUT2D eigenvalue weighted by atomic mass is 35.5. The number of halogens is 2. The first kappa shape index (κ1) is 23.4. The summed E-state index contributed by atoms with van der Waals surface area (Å²) in [6, 6.07) is 7.84. The number of primary amides is 1. The van der Waals surface area contributed by atoms with E-state index in [0.29, 0.717) is 39.5 Å². The van der Waals surface area contributed by atoms with E-state index in [4.69, 9.17) is 38.4 Å². The largest absolute Gasteiger partial charge is 0.495 e. The maximum Gasteiger partial charge on any atom is 0.223 e. The van der Waals surface area contributed by atoms with Gasteiger partial charge in [0, 0.05) is 48.3 Å². The third-order valence-corrected chi connectivity index (χ3v) is 6.49. The molecule has 10 heteroatoms. The minimum absolute atomic E-state index is 0.182. The Kier molecular flexibility index (Phi) is 7.07. The van der Waals surface area contributed by atoms with Crippen molar-refractivity contribution in [3.63, 3.8) is 0 Å². The highest BCUT2D eigenvalue weighted by Crippen LogP contribution is 2.46. The number of methoxy groups -OCH3 is 2. The van der Waals surface area contributed by atoms with Crippen molar-refractivity contribution in [3.8, 4) is 22.6 Å². The predicted octanol–water partition coefficient (Wildman–Crippen LogP) is 4.03. The Morgan fingerprint density at radius 3 is 2.61 bits per heavy atom. The van der Waals surface area contributed by atoms with Gasteiger partial charge in [-0.2, -0.15) is 0 Å². The number of rotatable bonds is 8. The molecule has 2 aromatic carbocycles. The minimum Gasteiger partial charge on any atom is -0.495 e. The van der Waals surface area contributed by atoms with Crippen molar-refractivity contribution in [2.45, 2.75) is 31.3 Å². The number of anilines is 1. The van der Waals surface area contributed by atoms with Crippen LogP contribution in [0, 0.1) is 0 Å². The molecule has 0 bridgehead atoms. The molecule has 33 heavy (non-hydrogen) atoms. The average Bonchev–Trinajstić information content (AvgIpc) is 3.25. The van der Waals surface area contributed by atoms with Crippen molar-refractivity contribution < 1.29 is 14.3 Å². The molecule has 0 unspecified atom stereocenters. The van der Waals surface area contributed by atoms with E-state index in [0.717, 1.165) is 35.9 Å². The van der Waals surface area contributed by atoms with Gasteiger partial charge in [-0.25, -0.2) is 9.97 Å². The summed E-state index contributed by atoms with van der Waals surface area (Å²) in [5.74, 6) is 1.23. The monoisotopic (exact) mass is 489 g/mol. The van der Waals surface area contributed by atoms with Crippen molar-refractivity contribution in [1.82, 2.24) is 15.3 Å². The van der Waals surface area contributed by atoms with Crippen LogP contribution in [0.25, 0.3) is 22.0 Å². The normalized spacial score (nSPS) is 17.8. The van der Waals surface area contributed by atoms with Crippen LogP contribution in [-0.2, 0) is 4.79 Å². The first-order valence-corrected chi connectivity index (χ1v) is 11.3.